The SMILES string of the molecule is Cc1ccc(OCC(N)CN(C)C)cc1. The van der Waals surface area contributed by atoms with Crippen molar-refractivity contribution in [3.63, 3.8) is 0 Å². The smallest absolute Gasteiger partial charge is 0.119 e. The van der Waals surface area contributed by atoms with E-state index in [9.17, 15) is 0 Å². The predicted octanol–water partition coefficient (Wildman–Crippen LogP) is 1.26. The topological polar surface area (TPSA) is 38.5 Å². The third-order valence-electron chi connectivity index (χ3n) is 2.08. The van der Waals surface area contributed by atoms with Crippen LogP contribution in [-0.4, -0.2) is 38.2 Å². The Balaban J connectivity index is 2.33. The van der Waals surface area contributed by atoms with Crippen molar-refractivity contribution in [1.82, 2.24) is 4.90 Å². The second-order valence-electron chi connectivity index (χ2n) is 4.15. The zero-order chi connectivity index (χ0) is 11.3. The van der Waals surface area contributed by atoms with Gasteiger partial charge >= 0.3 is 0 Å². The highest BCUT2D eigenvalue weighted by Gasteiger charge is 2.04. The summed E-state index contributed by atoms with van der Waals surface area (Å²) < 4.78 is 5.57. The molecule has 0 aromatic heterocycles. The zero-order valence-corrected chi connectivity index (χ0v) is 9.73. The Kier molecular flexibility index (Phi) is 4.59. The molecule has 2 N–H and O–H groups in total. The Hall–Kier alpha value is -1.06. The van der Waals surface area contributed by atoms with E-state index in [4.69, 9.17) is 10.5 Å². The van der Waals surface area contributed by atoms with Crippen LogP contribution in [0.1, 0.15) is 5.56 Å². The molecular formula is C12H20N2O. The Morgan fingerprint density at radius 2 is 1.87 bits per heavy atom. The third kappa shape index (κ3) is 4.81. The molecule has 1 atom stereocenters. The molecule has 0 saturated heterocycles. The normalized spacial score (nSPS) is 12.9. The summed E-state index contributed by atoms with van der Waals surface area (Å²) in [5.74, 6) is 0.884. The molecule has 0 bridgehead atoms. The summed E-state index contributed by atoms with van der Waals surface area (Å²) in [7, 11) is 4.01. The Morgan fingerprint density at radius 3 is 2.40 bits per heavy atom. The van der Waals surface area contributed by atoms with Crippen LogP contribution in [0.5, 0.6) is 5.75 Å². The molecule has 0 amide bonds. The number of nitrogens with zero attached hydrogens (tertiary/aromatic N) is 1. The molecular weight excluding hydrogens is 188 g/mol. The van der Waals surface area contributed by atoms with Crippen molar-refractivity contribution in [2.45, 2.75) is 13.0 Å². The van der Waals surface area contributed by atoms with Crippen molar-refractivity contribution in [2.24, 2.45) is 5.73 Å². The maximum atomic E-state index is 5.89. The van der Waals surface area contributed by atoms with Crippen LogP contribution in [0.15, 0.2) is 24.3 Å². The first kappa shape index (κ1) is 12.0. The van der Waals surface area contributed by atoms with Crippen molar-refractivity contribution >= 4 is 0 Å². The van der Waals surface area contributed by atoms with Crippen molar-refractivity contribution in [3.05, 3.63) is 29.8 Å². The van der Waals surface area contributed by atoms with Crippen molar-refractivity contribution in [2.75, 3.05) is 27.2 Å². The maximum absolute atomic E-state index is 5.89. The number of benzene rings is 1. The molecule has 0 fully saturated rings. The van der Waals surface area contributed by atoms with Crippen LogP contribution < -0.4 is 10.5 Å². The largest absolute Gasteiger partial charge is 0.492 e. The van der Waals surface area contributed by atoms with Gasteiger partial charge in [0.2, 0.25) is 0 Å². The summed E-state index contributed by atoms with van der Waals surface area (Å²) in [5.41, 5.74) is 7.12. The van der Waals surface area contributed by atoms with Gasteiger partial charge in [0.05, 0.1) is 6.04 Å². The quantitative estimate of drug-likeness (QED) is 0.791. The minimum atomic E-state index is 0.0568. The fraction of sp³-hybridized carbons (Fsp3) is 0.500. The average Bonchev–Trinajstić information content (AvgIpc) is 2.16. The van der Waals surface area contributed by atoms with Crippen LogP contribution in [0.3, 0.4) is 0 Å². The van der Waals surface area contributed by atoms with Gasteiger partial charge in [0.25, 0.3) is 0 Å². The van der Waals surface area contributed by atoms with Gasteiger partial charge in [0, 0.05) is 6.54 Å². The fourth-order valence-electron chi connectivity index (χ4n) is 1.36. The standard InChI is InChI=1S/C12H20N2O/c1-10-4-6-12(7-5-10)15-9-11(13)8-14(2)3/h4-7,11H,8-9,13H2,1-3H3. The van der Waals surface area contributed by atoms with Gasteiger partial charge < -0.3 is 15.4 Å². The molecule has 0 saturated carbocycles. The highest BCUT2D eigenvalue weighted by molar-refractivity contribution is 5.26. The van der Waals surface area contributed by atoms with Crippen molar-refractivity contribution in [1.29, 1.82) is 0 Å². The first-order valence-electron chi connectivity index (χ1n) is 5.17. The van der Waals surface area contributed by atoms with E-state index in [0.717, 1.165) is 12.3 Å². The number of likely N-dealkylation sites (N-methyl/N-ethyl adjacent to an activating group) is 1. The summed E-state index contributed by atoms with van der Waals surface area (Å²) in [6, 6.07) is 8.07. The first-order valence-corrected chi connectivity index (χ1v) is 5.17. The molecule has 1 aromatic rings. The number of aryl methyl sites for hydroxylation is 1. The Labute approximate surface area is 91.8 Å². The molecule has 0 heterocycles. The highest BCUT2D eigenvalue weighted by atomic mass is 16.5. The first-order chi connectivity index (χ1) is 7.08. The number of hydrogen-bond acceptors (Lipinski definition) is 3. The molecule has 15 heavy (non-hydrogen) atoms. The van der Waals surface area contributed by atoms with E-state index in [-0.39, 0.29) is 6.04 Å². The lowest BCUT2D eigenvalue weighted by molar-refractivity contribution is 0.254. The van der Waals surface area contributed by atoms with Crippen LogP contribution >= 0.6 is 0 Å². The van der Waals surface area contributed by atoms with Crippen LogP contribution in [0.2, 0.25) is 0 Å². The summed E-state index contributed by atoms with van der Waals surface area (Å²) >= 11 is 0. The number of ether oxygens (including phenoxy) is 1. The molecule has 3 heteroatoms. The van der Waals surface area contributed by atoms with Gasteiger partial charge in [-0.1, -0.05) is 17.7 Å². The van der Waals surface area contributed by atoms with Crippen LogP contribution in [0.4, 0.5) is 0 Å². The molecule has 0 aliphatic carbocycles. The molecule has 1 aromatic carbocycles. The van der Waals surface area contributed by atoms with Crippen LogP contribution in [0, 0.1) is 6.92 Å². The number of nitrogens with two attached hydrogens (primary N) is 1. The second-order valence-corrected chi connectivity index (χ2v) is 4.15. The minimum absolute atomic E-state index is 0.0568. The predicted molar refractivity (Wildman–Crippen MR) is 63.2 cm³/mol. The molecule has 1 rings (SSSR count). The molecule has 3 nitrogen and oxygen atoms in total. The molecule has 84 valence electrons. The summed E-state index contributed by atoms with van der Waals surface area (Å²) in [6.07, 6.45) is 0. The van der Waals surface area contributed by atoms with E-state index in [1.807, 2.05) is 38.4 Å². The summed E-state index contributed by atoms with van der Waals surface area (Å²) in [4.78, 5) is 2.06. The van der Waals surface area contributed by atoms with Crippen LogP contribution in [-0.2, 0) is 0 Å². The van der Waals surface area contributed by atoms with Crippen molar-refractivity contribution in [3.8, 4) is 5.75 Å². The lowest BCUT2D eigenvalue weighted by atomic mass is 10.2. The lowest BCUT2D eigenvalue weighted by Crippen LogP contribution is -2.37. The summed E-state index contributed by atoms with van der Waals surface area (Å²) in [5, 5.41) is 0. The van der Waals surface area contributed by atoms with E-state index in [0.29, 0.717) is 6.61 Å². The molecule has 0 aliphatic heterocycles. The molecule has 0 radical (unpaired) electrons. The van der Waals surface area contributed by atoms with Gasteiger partial charge in [-0.15, -0.1) is 0 Å². The van der Waals surface area contributed by atoms with E-state index < -0.39 is 0 Å². The Bertz CT molecular complexity index is 282. The van der Waals surface area contributed by atoms with Gasteiger partial charge in [-0.3, -0.25) is 0 Å². The lowest BCUT2D eigenvalue weighted by Gasteiger charge is -2.17. The van der Waals surface area contributed by atoms with E-state index in [1.165, 1.54) is 5.56 Å². The van der Waals surface area contributed by atoms with Gasteiger partial charge in [-0.25, -0.2) is 0 Å². The Morgan fingerprint density at radius 1 is 1.27 bits per heavy atom. The van der Waals surface area contributed by atoms with Gasteiger partial charge in [0.1, 0.15) is 12.4 Å². The highest BCUT2D eigenvalue weighted by Crippen LogP contribution is 2.11. The number of hydrogen-bond donors (Lipinski definition) is 1. The monoisotopic (exact) mass is 208 g/mol. The van der Waals surface area contributed by atoms with Gasteiger partial charge in [-0.05, 0) is 33.2 Å². The third-order valence-corrected chi connectivity index (χ3v) is 2.08. The van der Waals surface area contributed by atoms with Gasteiger partial charge in [0.15, 0.2) is 0 Å². The molecule has 1 unspecified atom stereocenters. The molecule has 0 spiro atoms. The van der Waals surface area contributed by atoms with E-state index in [2.05, 4.69) is 11.8 Å². The van der Waals surface area contributed by atoms with E-state index >= 15 is 0 Å². The summed E-state index contributed by atoms with van der Waals surface area (Å²) in [6.45, 7) is 3.45. The average molecular weight is 208 g/mol. The second kappa shape index (κ2) is 5.73. The fourth-order valence-corrected chi connectivity index (χ4v) is 1.36. The minimum Gasteiger partial charge on any atom is -0.492 e. The molecule has 0 aliphatic rings. The van der Waals surface area contributed by atoms with Crippen molar-refractivity contribution < 1.29 is 4.74 Å². The van der Waals surface area contributed by atoms with E-state index in [1.54, 1.807) is 0 Å². The van der Waals surface area contributed by atoms with Gasteiger partial charge in [-0.2, -0.15) is 0 Å². The number of rotatable bonds is 5. The van der Waals surface area contributed by atoms with Crippen LogP contribution in [0.25, 0.3) is 0 Å². The zero-order valence-electron chi connectivity index (χ0n) is 9.73. The maximum Gasteiger partial charge on any atom is 0.119 e.